The first-order chi connectivity index (χ1) is 6.85. The van der Waals surface area contributed by atoms with Crippen molar-refractivity contribution in [2.24, 2.45) is 0 Å². The van der Waals surface area contributed by atoms with E-state index in [1.807, 2.05) is 0 Å². The molecular formula is C8H7BrClFO3S. The van der Waals surface area contributed by atoms with Gasteiger partial charge in [0.1, 0.15) is 0 Å². The average Bonchev–Trinajstić information content (AvgIpc) is 2.11. The van der Waals surface area contributed by atoms with Crippen molar-refractivity contribution in [3.05, 3.63) is 28.0 Å². The van der Waals surface area contributed by atoms with Crippen LogP contribution < -0.4 is 4.74 Å². The number of ether oxygens (including phenoxy) is 1. The van der Waals surface area contributed by atoms with Crippen molar-refractivity contribution in [1.82, 2.24) is 0 Å². The molecule has 0 unspecified atom stereocenters. The molecule has 0 bridgehead atoms. The summed E-state index contributed by atoms with van der Waals surface area (Å²) < 4.78 is 40.3. The highest BCUT2D eigenvalue weighted by atomic mass is 79.9. The predicted molar refractivity (Wildman–Crippen MR) is 59.1 cm³/mol. The minimum absolute atomic E-state index is 0.0199. The van der Waals surface area contributed by atoms with Crippen molar-refractivity contribution >= 4 is 35.7 Å². The van der Waals surface area contributed by atoms with E-state index in [2.05, 4.69) is 15.9 Å². The van der Waals surface area contributed by atoms with Crippen LogP contribution in [0.5, 0.6) is 5.75 Å². The molecule has 0 amide bonds. The standard InChI is InChI=1S/C8H7BrClFO3S/c1-14-7-3-2-6(9)5(8(7)11)4-15(10,12)13/h2-3H,4H2,1H3. The van der Waals surface area contributed by atoms with E-state index in [9.17, 15) is 12.8 Å². The highest BCUT2D eigenvalue weighted by molar-refractivity contribution is 9.10. The van der Waals surface area contributed by atoms with Crippen LogP contribution >= 0.6 is 26.6 Å². The fourth-order valence-electron chi connectivity index (χ4n) is 1.04. The van der Waals surface area contributed by atoms with Crippen LogP contribution in [0.15, 0.2) is 16.6 Å². The molecule has 7 heteroatoms. The Bertz CT molecular complexity index is 475. The molecule has 0 aromatic heterocycles. The van der Waals surface area contributed by atoms with Crippen LogP contribution in [-0.2, 0) is 14.8 Å². The molecule has 0 atom stereocenters. The van der Waals surface area contributed by atoms with Crippen molar-refractivity contribution in [3.63, 3.8) is 0 Å². The van der Waals surface area contributed by atoms with Crippen LogP contribution in [0.4, 0.5) is 4.39 Å². The van der Waals surface area contributed by atoms with Gasteiger partial charge in [-0.15, -0.1) is 0 Å². The lowest BCUT2D eigenvalue weighted by atomic mass is 10.2. The molecule has 0 fully saturated rings. The second kappa shape index (κ2) is 4.67. The van der Waals surface area contributed by atoms with Gasteiger partial charge < -0.3 is 4.74 Å². The van der Waals surface area contributed by atoms with E-state index in [1.54, 1.807) is 0 Å². The van der Waals surface area contributed by atoms with Gasteiger partial charge in [0.05, 0.1) is 12.9 Å². The van der Waals surface area contributed by atoms with Crippen molar-refractivity contribution in [2.75, 3.05) is 7.11 Å². The van der Waals surface area contributed by atoms with Crippen LogP contribution in [-0.4, -0.2) is 15.5 Å². The summed E-state index contributed by atoms with van der Waals surface area (Å²) in [5.74, 6) is -1.33. The maximum absolute atomic E-state index is 13.6. The molecule has 3 nitrogen and oxygen atoms in total. The normalized spacial score (nSPS) is 11.5. The molecule has 1 aromatic rings. The molecular weight excluding hydrogens is 311 g/mol. The monoisotopic (exact) mass is 316 g/mol. The second-order valence-corrected chi connectivity index (χ2v) is 6.36. The summed E-state index contributed by atoms with van der Waals surface area (Å²) in [4.78, 5) is 0. The third-order valence-electron chi connectivity index (χ3n) is 1.69. The smallest absolute Gasteiger partial charge is 0.236 e. The van der Waals surface area contributed by atoms with Crippen molar-refractivity contribution in [3.8, 4) is 5.75 Å². The Labute approximate surface area is 99.7 Å². The first-order valence-corrected chi connectivity index (χ1v) is 7.05. The van der Waals surface area contributed by atoms with Crippen LogP contribution in [0.3, 0.4) is 0 Å². The zero-order valence-electron chi connectivity index (χ0n) is 7.63. The third kappa shape index (κ3) is 3.32. The van der Waals surface area contributed by atoms with E-state index in [1.165, 1.54) is 19.2 Å². The molecule has 0 radical (unpaired) electrons. The maximum atomic E-state index is 13.6. The Kier molecular flexibility index (Phi) is 3.97. The largest absolute Gasteiger partial charge is 0.494 e. The van der Waals surface area contributed by atoms with Gasteiger partial charge in [-0.25, -0.2) is 12.8 Å². The summed E-state index contributed by atoms with van der Waals surface area (Å²) in [7, 11) is 2.55. The lowest BCUT2D eigenvalue weighted by molar-refractivity contribution is 0.384. The average molecular weight is 318 g/mol. The summed E-state index contributed by atoms with van der Waals surface area (Å²) >= 11 is 3.04. The molecule has 0 aliphatic carbocycles. The van der Waals surface area contributed by atoms with Gasteiger partial charge in [0, 0.05) is 20.7 Å². The fraction of sp³-hybridized carbons (Fsp3) is 0.250. The van der Waals surface area contributed by atoms with E-state index in [0.29, 0.717) is 4.47 Å². The van der Waals surface area contributed by atoms with Crippen LogP contribution in [0.2, 0.25) is 0 Å². The SMILES string of the molecule is COc1ccc(Br)c(CS(=O)(=O)Cl)c1F. The lowest BCUT2D eigenvalue weighted by Gasteiger charge is -2.07. The van der Waals surface area contributed by atoms with Crippen molar-refractivity contribution < 1.29 is 17.5 Å². The molecule has 0 N–H and O–H groups in total. The van der Waals surface area contributed by atoms with Gasteiger partial charge in [0.15, 0.2) is 11.6 Å². The summed E-state index contributed by atoms with van der Waals surface area (Å²) in [6.45, 7) is 0. The molecule has 0 aliphatic rings. The predicted octanol–water partition coefficient (Wildman–Crippen LogP) is 2.67. The first-order valence-electron chi connectivity index (χ1n) is 3.78. The lowest BCUT2D eigenvalue weighted by Crippen LogP contribution is -2.01. The minimum Gasteiger partial charge on any atom is -0.494 e. The van der Waals surface area contributed by atoms with Gasteiger partial charge in [-0.1, -0.05) is 15.9 Å². The van der Waals surface area contributed by atoms with E-state index in [-0.39, 0.29) is 11.3 Å². The van der Waals surface area contributed by atoms with Crippen LogP contribution in [0.1, 0.15) is 5.56 Å². The van der Waals surface area contributed by atoms with Gasteiger partial charge in [-0.05, 0) is 12.1 Å². The Morgan fingerprint density at radius 3 is 2.60 bits per heavy atom. The van der Waals surface area contributed by atoms with Crippen LogP contribution in [0.25, 0.3) is 0 Å². The minimum atomic E-state index is -3.80. The van der Waals surface area contributed by atoms with Crippen molar-refractivity contribution in [1.29, 1.82) is 0 Å². The summed E-state index contributed by atoms with van der Waals surface area (Å²) in [5, 5.41) is 0. The molecule has 0 saturated heterocycles. The molecule has 0 aliphatic heterocycles. The fourth-order valence-corrected chi connectivity index (χ4v) is 2.62. The van der Waals surface area contributed by atoms with Gasteiger partial charge in [0.25, 0.3) is 0 Å². The Morgan fingerprint density at radius 2 is 2.13 bits per heavy atom. The third-order valence-corrected chi connectivity index (χ3v) is 3.39. The highest BCUT2D eigenvalue weighted by Gasteiger charge is 2.18. The van der Waals surface area contributed by atoms with Crippen LogP contribution in [0, 0.1) is 5.82 Å². The second-order valence-electron chi connectivity index (χ2n) is 2.73. The van der Waals surface area contributed by atoms with E-state index in [4.69, 9.17) is 15.4 Å². The molecule has 0 saturated carbocycles. The van der Waals surface area contributed by atoms with Gasteiger partial charge in [-0.2, -0.15) is 0 Å². The van der Waals surface area contributed by atoms with E-state index < -0.39 is 20.6 Å². The summed E-state index contributed by atoms with van der Waals surface area (Å²) in [6, 6.07) is 2.89. The molecule has 0 heterocycles. The molecule has 15 heavy (non-hydrogen) atoms. The summed E-state index contributed by atoms with van der Waals surface area (Å²) in [5.41, 5.74) is -0.0376. The van der Waals surface area contributed by atoms with E-state index in [0.717, 1.165) is 0 Å². The molecule has 0 spiro atoms. The number of methoxy groups -OCH3 is 1. The maximum Gasteiger partial charge on any atom is 0.236 e. The van der Waals surface area contributed by atoms with Gasteiger partial charge >= 0.3 is 0 Å². The molecule has 1 aromatic carbocycles. The molecule has 84 valence electrons. The zero-order valence-corrected chi connectivity index (χ0v) is 10.8. The summed E-state index contributed by atoms with van der Waals surface area (Å²) in [6.07, 6.45) is 0. The Morgan fingerprint density at radius 1 is 1.53 bits per heavy atom. The first kappa shape index (κ1) is 12.7. The topological polar surface area (TPSA) is 43.4 Å². The number of rotatable bonds is 3. The van der Waals surface area contributed by atoms with Crippen molar-refractivity contribution in [2.45, 2.75) is 5.75 Å². The quantitative estimate of drug-likeness (QED) is 0.805. The number of halogens is 3. The number of hydrogen-bond donors (Lipinski definition) is 0. The molecule has 1 rings (SSSR count). The number of benzene rings is 1. The van der Waals surface area contributed by atoms with Gasteiger partial charge in [-0.3, -0.25) is 0 Å². The Balaban J connectivity index is 3.27. The highest BCUT2D eigenvalue weighted by Crippen LogP contribution is 2.29. The number of hydrogen-bond acceptors (Lipinski definition) is 3. The zero-order chi connectivity index (χ0) is 11.6. The van der Waals surface area contributed by atoms with E-state index >= 15 is 0 Å². The van der Waals surface area contributed by atoms with Gasteiger partial charge in [0.2, 0.25) is 9.05 Å². The Hall–Kier alpha value is -0.330.